The molecule has 1 aromatic heterocycles. The Bertz CT molecular complexity index is 670. The minimum absolute atomic E-state index is 0.0426. The van der Waals surface area contributed by atoms with Gasteiger partial charge in [0, 0.05) is 5.69 Å². The topological polar surface area (TPSA) is 94.0 Å². The van der Waals surface area contributed by atoms with Gasteiger partial charge in [-0.3, -0.25) is 4.79 Å². The summed E-state index contributed by atoms with van der Waals surface area (Å²) in [6.07, 6.45) is 0. The van der Waals surface area contributed by atoms with Gasteiger partial charge in [0.25, 0.3) is 5.91 Å². The second kappa shape index (κ2) is 5.52. The third kappa shape index (κ3) is 2.92. The van der Waals surface area contributed by atoms with Gasteiger partial charge in [0.15, 0.2) is 11.6 Å². The van der Waals surface area contributed by atoms with Crippen molar-refractivity contribution in [1.82, 2.24) is 4.98 Å². The Hall–Kier alpha value is -2.05. The van der Waals surface area contributed by atoms with E-state index in [0.29, 0.717) is 5.69 Å². The SMILES string of the molecule is NC(=O)c1ccc(N)c(Nc2cc(Cl)c(F)c(Cl)c2)n1. The molecule has 0 spiro atoms. The zero-order valence-electron chi connectivity index (χ0n) is 9.95. The number of carbonyl (C=O) groups excluding carboxylic acids is 1. The number of anilines is 3. The van der Waals surface area contributed by atoms with Gasteiger partial charge in [-0.1, -0.05) is 23.2 Å². The second-order valence-corrected chi connectivity index (χ2v) is 4.69. The molecule has 2 aromatic rings. The smallest absolute Gasteiger partial charge is 0.267 e. The monoisotopic (exact) mass is 314 g/mol. The second-order valence-electron chi connectivity index (χ2n) is 3.88. The number of nitrogens with zero attached hydrogens (tertiary/aromatic N) is 1. The summed E-state index contributed by atoms with van der Waals surface area (Å²) in [5.41, 5.74) is 11.6. The zero-order chi connectivity index (χ0) is 14.9. The number of aromatic nitrogens is 1. The maximum Gasteiger partial charge on any atom is 0.267 e. The molecule has 0 radical (unpaired) electrons. The summed E-state index contributed by atoms with van der Waals surface area (Å²) < 4.78 is 13.3. The number of rotatable bonds is 3. The van der Waals surface area contributed by atoms with Crippen LogP contribution in [0.2, 0.25) is 10.0 Å². The maximum atomic E-state index is 13.3. The van der Waals surface area contributed by atoms with E-state index in [2.05, 4.69) is 10.3 Å². The molecule has 0 saturated carbocycles. The third-order valence-electron chi connectivity index (χ3n) is 2.43. The van der Waals surface area contributed by atoms with E-state index in [1.807, 2.05) is 0 Å². The van der Waals surface area contributed by atoms with Crippen LogP contribution in [0.3, 0.4) is 0 Å². The molecule has 0 aliphatic carbocycles. The van der Waals surface area contributed by atoms with Crippen molar-refractivity contribution in [3.63, 3.8) is 0 Å². The summed E-state index contributed by atoms with van der Waals surface area (Å²) >= 11 is 11.4. The number of nitrogens with one attached hydrogen (secondary N) is 1. The molecule has 5 N–H and O–H groups in total. The standard InChI is InChI=1S/C12H9Cl2FN4O/c13-6-3-5(4-7(14)10(6)15)18-12-8(16)1-2-9(19-12)11(17)20/h1-4H,16H2,(H2,17,20)(H,18,19). The Morgan fingerprint density at radius 1 is 1.25 bits per heavy atom. The Morgan fingerprint density at radius 3 is 2.40 bits per heavy atom. The van der Waals surface area contributed by atoms with Gasteiger partial charge in [-0.05, 0) is 24.3 Å². The Balaban J connectivity index is 2.39. The third-order valence-corrected chi connectivity index (χ3v) is 2.98. The van der Waals surface area contributed by atoms with Gasteiger partial charge in [-0.2, -0.15) is 0 Å². The summed E-state index contributed by atoms with van der Waals surface area (Å²) in [4.78, 5) is 15.0. The van der Waals surface area contributed by atoms with Gasteiger partial charge in [0.1, 0.15) is 5.69 Å². The van der Waals surface area contributed by atoms with Crippen LogP contribution < -0.4 is 16.8 Å². The van der Waals surface area contributed by atoms with Crippen LogP contribution in [-0.2, 0) is 0 Å². The summed E-state index contributed by atoms with van der Waals surface area (Å²) in [7, 11) is 0. The minimum Gasteiger partial charge on any atom is -0.396 e. The molecular formula is C12H9Cl2FN4O. The van der Waals surface area contributed by atoms with Crippen molar-refractivity contribution in [2.24, 2.45) is 5.73 Å². The highest BCUT2D eigenvalue weighted by molar-refractivity contribution is 6.35. The fraction of sp³-hybridized carbons (Fsp3) is 0. The number of hydrogen-bond donors (Lipinski definition) is 3. The number of nitrogen functional groups attached to an aromatic ring is 1. The largest absolute Gasteiger partial charge is 0.396 e. The van der Waals surface area contributed by atoms with E-state index >= 15 is 0 Å². The molecule has 0 unspecified atom stereocenters. The molecule has 0 aliphatic rings. The van der Waals surface area contributed by atoms with E-state index in [0.717, 1.165) is 0 Å². The Morgan fingerprint density at radius 2 is 1.85 bits per heavy atom. The van der Waals surface area contributed by atoms with Crippen molar-refractivity contribution in [1.29, 1.82) is 0 Å². The molecule has 2 rings (SSSR count). The minimum atomic E-state index is -0.717. The number of halogens is 3. The van der Waals surface area contributed by atoms with Crippen molar-refractivity contribution < 1.29 is 9.18 Å². The van der Waals surface area contributed by atoms with Crippen molar-refractivity contribution >= 4 is 46.3 Å². The molecule has 0 fully saturated rings. The number of amides is 1. The molecule has 5 nitrogen and oxygen atoms in total. The summed E-state index contributed by atoms with van der Waals surface area (Å²) in [5, 5.41) is 2.50. The van der Waals surface area contributed by atoms with Gasteiger partial charge in [0.2, 0.25) is 0 Å². The lowest BCUT2D eigenvalue weighted by Gasteiger charge is -2.10. The van der Waals surface area contributed by atoms with Crippen LogP contribution in [0.4, 0.5) is 21.6 Å². The molecule has 20 heavy (non-hydrogen) atoms. The molecule has 0 bridgehead atoms. The van der Waals surface area contributed by atoms with E-state index in [9.17, 15) is 9.18 Å². The zero-order valence-corrected chi connectivity index (χ0v) is 11.5. The van der Waals surface area contributed by atoms with E-state index < -0.39 is 11.7 Å². The maximum absolute atomic E-state index is 13.3. The van der Waals surface area contributed by atoms with Crippen LogP contribution in [0, 0.1) is 5.82 Å². The summed E-state index contributed by atoms with van der Waals surface area (Å²) in [5.74, 6) is -1.21. The van der Waals surface area contributed by atoms with E-state index in [1.54, 1.807) is 0 Å². The molecule has 0 atom stereocenters. The fourth-order valence-corrected chi connectivity index (χ4v) is 1.96. The molecule has 1 heterocycles. The van der Waals surface area contributed by atoms with Crippen molar-refractivity contribution in [3.8, 4) is 0 Å². The predicted molar refractivity (Wildman–Crippen MR) is 76.9 cm³/mol. The van der Waals surface area contributed by atoms with Crippen LogP contribution in [0.15, 0.2) is 24.3 Å². The lowest BCUT2D eigenvalue weighted by molar-refractivity contribution is 0.0996. The van der Waals surface area contributed by atoms with Crippen molar-refractivity contribution in [3.05, 3.63) is 45.8 Å². The van der Waals surface area contributed by atoms with Gasteiger partial charge in [-0.25, -0.2) is 9.37 Å². The number of pyridine rings is 1. The predicted octanol–water partition coefficient (Wildman–Crippen LogP) is 2.95. The highest BCUT2D eigenvalue weighted by Gasteiger charge is 2.11. The van der Waals surface area contributed by atoms with E-state index in [1.165, 1.54) is 24.3 Å². The lowest BCUT2D eigenvalue weighted by Crippen LogP contribution is -2.14. The normalized spacial score (nSPS) is 10.3. The average Bonchev–Trinajstić information content (AvgIpc) is 2.38. The lowest BCUT2D eigenvalue weighted by atomic mass is 10.2. The first-order valence-electron chi connectivity index (χ1n) is 5.36. The first kappa shape index (κ1) is 14.4. The highest BCUT2D eigenvalue weighted by atomic mass is 35.5. The molecule has 0 aliphatic heterocycles. The van der Waals surface area contributed by atoms with Crippen molar-refractivity contribution in [2.75, 3.05) is 11.1 Å². The molecule has 0 saturated heterocycles. The van der Waals surface area contributed by atoms with Crippen LogP contribution in [-0.4, -0.2) is 10.9 Å². The fourth-order valence-electron chi connectivity index (χ4n) is 1.47. The van der Waals surface area contributed by atoms with E-state index in [-0.39, 0.29) is 27.2 Å². The highest BCUT2D eigenvalue weighted by Crippen LogP contribution is 2.30. The average molecular weight is 315 g/mol. The van der Waals surface area contributed by atoms with Crippen molar-refractivity contribution in [2.45, 2.75) is 0 Å². The number of carbonyl (C=O) groups is 1. The summed E-state index contributed by atoms with van der Waals surface area (Å²) in [6, 6.07) is 5.51. The van der Waals surface area contributed by atoms with Gasteiger partial charge in [-0.15, -0.1) is 0 Å². The van der Waals surface area contributed by atoms with Crippen LogP contribution in [0.5, 0.6) is 0 Å². The van der Waals surface area contributed by atoms with Crippen LogP contribution >= 0.6 is 23.2 Å². The molecule has 104 valence electrons. The Kier molecular flexibility index (Phi) is 3.96. The first-order chi connectivity index (χ1) is 9.38. The quantitative estimate of drug-likeness (QED) is 0.759. The van der Waals surface area contributed by atoms with Gasteiger partial charge < -0.3 is 16.8 Å². The molecule has 1 aromatic carbocycles. The Labute approximate surface area is 123 Å². The number of hydrogen-bond acceptors (Lipinski definition) is 4. The van der Waals surface area contributed by atoms with Gasteiger partial charge >= 0.3 is 0 Å². The molecule has 1 amide bonds. The molecular weight excluding hydrogens is 306 g/mol. The van der Waals surface area contributed by atoms with Gasteiger partial charge in [0.05, 0.1) is 15.7 Å². The van der Waals surface area contributed by atoms with Crippen LogP contribution in [0.1, 0.15) is 10.5 Å². The number of benzene rings is 1. The molecule has 8 heteroatoms. The summed E-state index contributed by atoms with van der Waals surface area (Å²) in [6.45, 7) is 0. The number of primary amides is 1. The first-order valence-corrected chi connectivity index (χ1v) is 6.12. The number of nitrogens with two attached hydrogens (primary N) is 2. The van der Waals surface area contributed by atoms with Crippen LogP contribution in [0.25, 0.3) is 0 Å². The van der Waals surface area contributed by atoms with E-state index in [4.69, 9.17) is 34.7 Å².